The zero-order valence-corrected chi connectivity index (χ0v) is 32.7. The van der Waals surface area contributed by atoms with Crippen LogP contribution in [0.15, 0.2) is 48.6 Å². The lowest BCUT2D eigenvalue weighted by molar-refractivity contribution is -0.149. The number of halogens is 1. The highest BCUT2D eigenvalue weighted by Crippen LogP contribution is 2.50. The van der Waals surface area contributed by atoms with Crippen LogP contribution in [0.5, 0.6) is 5.75 Å². The molecule has 8 nitrogen and oxygen atoms in total. The van der Waals surface area contributed by atoms with Gasteiger partial charge in [0.15, 0.2) is 0 Å². The summed E-state index contributed by atoms with van der Waals surface area (Å²) < 4.78 is 36.0. The number of hydrogen-bond acceptors (Lipinski definition) is 7. The maximum atomic E-state index is 14.0. The summed E-state index contributed by atoms with van der Waals surface area (Å²) in [5, 5.41) is 0.442. The highest BCUT2D eigenvalue weighted by molar-refractivity contribution is 7.99. The van der Waals surface area contributed by atoms with Crippen molar-refractivity contribution in [3.05, 3.63) is 70.3 Å². The van der Waals surface area contributed by atoms with E-state index in [1.54, 1.807) is 6.07 Å². The molecule has 2 aliphatic carbocycles. The number of piperidine rings is 1. The van der Waals surface area contributed by atoms with Gasteiger partial charge in [-0.3, -0.25) is 9.52 Å². The van der Waals surface area contributed by atoms with Gasteiger partial charge in [0.25, 0.3) is 5.91 Å². The van der Waals surface area contributed by atoms with Crippen LogP contribution < -0.4 is 14.4 Å². The van der Waals surface area contributed by atoms with Gasteiger partial charge >= 0.3 is 0 Å². The van der Waals surface area contributed by atoms with Gasteiger partial charge in [0, 0.05) is 53.4 Å². The van der Waals surface area contributed by atoms with Crippen LogP contribution in [0.3, 0.4) is 0 Å². The predicted octanol–water partition coefficient (Wildman–Crippen LogP) is 6.68. The van der Waals surface area contributed by atoms with E-state index in [1.807, 2.05) is 32.2 Å². The first-order valence-corrected chi connectivity index (χ1v) is 21.6. The van der Waals surface area contributed by atoms with Crippen LogP contribution in [0.2, 0.25) is 5.02 Å². The Hall–Kier alpha value is -2.56. The molecule has 0 radical (unpaired) electrons. The van der Waals surface area contributed by atoms with Crippen molar-refractivity contribution in [3.63, 3.8) is 0 Å². The highest BCUT2D eigenvalue weighted by atomic mass is 35.5. The van der Waals surface area contributed by atoms with Gasteiger partial charge in [-0.25, -0.2) is 4.21 Å². The monoisotopic (exact) mass is 749 g/mol. The third-order valence-corrected chi connectivity index (χ3v) is 16.4. The molecule has 10 heteroatoms. The van der Waals surface area contributed by atoms with Crippen molar-refractivity contribution >= 4 is 38.8 Å². The quantitative estimate of drug-likeness (QED) is 0.277. The van der Waals surface area contributed by atoms with Crippen molar-refractivity contribution in [2.45, 2.75) is 81.5 Å². The number of nitrogens with zero attached hydrogens (tertiary/aromatic N) is 2. The third kappa shape index (κ3) is 6.61. The van der Waals surface area contributed by atoms with E-state index in [0.717, 1.165) is 101 Å². The molecular formula is C42H56ClN3O5S. The van der Waals surface area contributed by atoms with Gasteiger partial charge in [0.05, 0.1) is 35.2 Å². The summed E-state index contributed by atoms with van der Waals surface area (Å²) in [6.45, 7) is 11.0. The number of nitrogens with one attached hydrogen (secondary N) is 1. The first-order valence-electron chi connectivity index (χ1n) is 19.5. The number of methoxy groups -OCH3 is 1. The van der Waals surface area contributed by atoms with Crippen LogP contribution in [0.1, 0.15) is 80.3 Å². The fraction of sp³-hybridized carbons (Fsp3) is 0.619. The number of allylic oxidation sites excluding steroid dienone is 1. The Labute approximate surface area is 315 Å². The van der Waals surface area contributed by atoms with Crippen molar-refractivity contribution in [2.75, 3.05) is 64.6 Å². The topological polar surface area (TPSA) is 80.3 Å². The number of aryl methyl sites for hydroxylation is 1. The summed E-state index contributed by atoms with van der Waals surface area (Å²) in [4.78, 5) is 18.9. The van der Waals surface area contributed by atoms with Crippen molar-refractivity contribution in [1.29, 1.82) is 0 Å². The molecule has 2 aromatic carbocycles. The van der Waals surface area contributed by atoms with Crippen LogP contribution in [0.25, 0.3) is 0 Å². The van der Waals surface area contributed by atoms with E-state index in [-0.39, 0.29) is 22.5 Å². The smallest absolute Gasteiger partial charge is 0.262 e. The molecule has 2 bridgehead atoms. The van der Waals surface area contributed by atoms with E-state index in [4.69, 9.17) is 25.8 Å². The van der Waals surface area contributed by atoms with Gasteiger partial charge in [-0.1, -0.05) is 36.7 Å². The van der Waals surface area contributed by atoms with Gasteiger partial charge in [-0.05, 0) is 136 Å². The second-order valence-electron chi connectivity index (χ2n) is 17.1. The maximum absolute atomic E-state index is 14.0. The van der Waals surface area contributed by atoms with Crippen LogP contribution in [-0.2, 0) is 31.0 Å². The first-order chi connectivity index (χ1) is 24.9. The van der Waals surface area contributed by atoms with E-state index >= 15 is 0 Å². The second kappa shape index (κ2) is 13.9. The minimum Gasteiger partial charge on any atom is -0.490 e. The molecule has 1 N–H and O–H groups in total. The molecule has 2 aromatic rings. The fourth-order valence-electron chi connectivity index (χ4n) is 10.1. The summed E-state index contributed by atoms with van der Waals surface area (Å²) in [5.41, 5.74) is 3.71. The summed E-state index contributed by atoms with van der Waals surface area (Å²) in [5.74, 6) is 5.24. The van der Waals surface area contributed by atoms with Crippen molar-refractivity contribution < 1.29 is 23.2 Å². The van der Waals surface area contributed by atoms with Crippen molar-refractivity contribution in [3.8, 4) is 5.75 Å². The Morgan fingerprint density at radius 2 is 1.88 bits per heavy atom. The summed E-state index contributed by atoms with van der Waals surface area (Å²) in [6, 6.07) is 12.0. The largest absolute Gasteiger partial charge is 0.490 e. The average Bonchev–Trinajstić information content (AvgIpc) is 3.25. The fourth-order valence-corrected chi connectivity index (χ4v) is 11.8. The number of ether oxygens (including phenoxy) is 3. The van der Waals surface area contributed by atoms with Crippen LogP contribution in [0.4, 0.5) is 5.69 Å². The second-order valence-corrected chi connectivity index (χ2v) is 20.0. The molecule has 1 saturated carbocycles. The third-order valence-electron chi connectivity index (χ3n) is 14.0. The Balaban J connectivity index is 1.18. The predicted molar refractivity (Wildman–Crippen MR) is 210 cm³/mol. The minimum atomic E-state index is -2.95. The van der Waals surface area contributed by atoms with Gasteiger partial charge in [-0.15, -0.1) is 0 Å². The molecule has 6 aliphatic rings. The highest BCUT2D eigenvalue weighted by Gasteiger charge is 2.51. The number of anilines is 1. The van der Waals surface area contributed by atoms with Crippen molar-refractivity contribution in [2.24, 2.45) is 23.2 Å². The Kier molecular flexibility index (Phi) is 9.76. The number of hydrogen-bond donors (Lipinski definition) is 1. The number of rotatable bonds is 3. The van der Waals surface area contributed by atoms with E-state index < -0.39 is 15.3 Å². The summed E-state index contributed by atoms with van der Waals surface area (Å²) in [6.07, 6.45) is 13.0. The van der Waals surface area contributed by atoms with Crippen LogP contribution in [0, 0.1) is 23.2 Å². The molecule has 8 rings (SSSR count). The first kappa shape index (κ1) is 36.4. The number of fused-ring (bicyclic) bond motifs is 4. The van der Waals surface area contributed by atoms with Gasteiger partial charge < -0.3 is 24.0 Å². The summed E-state index contributed by atoms with van der Waals surface area (Å²) >= 11 is 6.52. The molecule has 1 amide bonds. The molecule has 282 valence electrons. The molecule has 2 saturated heterocycles. The lowest BCUT2D eigenvalue weighted by Gasteiger charge is -2.53. The molecule has 52 heavy (non-hydrogen) atoms. The molecule has 0 aromatic heterocycles. The summed E-state index contributed by atoms with van der Waals surface area (Å²) in [7, 11) is -1.05. The Morgan fingerprint density at radius 3 is 2.60 bits per heavy atom. The SMILES string of the molecule is C=S1(=O)NC(=O)c2ccc3c(c2)N(C[C@@H]2CC[C@H]2[C@@](CN2CCC4(CC2)COC4)(OC)/C=C/C[C@H](C)[C@H]1C)C[C@@]1(CCCc2cc(Cl)ccc21)CO3. The molecule has 2 spiro atoms. The standard InChI is InChI=1S/C42H56ClN3O5S/c1-29-7-5-16-42(49-3,25-45-19-17-40(18-20-45)26-50-27-40)36-12-9-33(36)23-46-24-41(15-6-8-31-21-34(43)11-13-35(31)41)28-51-38-14-10-32(22-37(38)46)39(47)44-52(4,48)30(29)2/h5,10-11,13-14,16,21-22,29-30,33,36H,4,6-9,12,15,17-20,23-28H2,1-3H3,(H,44,47,48)/b16-5+/t29-,30+,33-,36+,41-,42+,52?/m0/s1. The number of carbonyl (C=O) groups is 1. The maximum Gasteiger partial charge on any atom is 0.262 e. The lowest BCUT2D eigenvalue weighted by Crippen LogP contribution is -2.59. The van der Waals surface area contributed by atoms with Gasteiger partial charge in [-0.2, -0.15) is 0 Å². The zero-order chi connectivity index (χ0) is 36.3. The molecule has 4 aliphatic heterocycles. The number of likely N-dealkylation sites (tertiary alicyclic amines) is 1. The van der Waals surface area contributed by atoms with E-state index in [0.29, 0.717) is 29.4 Å². The van der Waals surface area contributed by atoms with E-state index in [9.17, 15) is 9.00 Å². The molecule has 1 unspecified atom stereocenters. The van der Waals surface area contributed by atoms with Crippen LogP contribution in [-0.4, -0.2) is 91.4 Å². The number of benzene rings is 2. The minimum absolute atomic E-state index is 0.0371. The number of carbonyl (C=O) groups excluding carboxylic acids is 1. The molecular weight excluding hydrogens is 694 g/mol. The number of amides is 1. The van der Waals surface area contributed by atoms with Gasteiger partial charge in [0.2, 0.25) is 0 Å². The lowest BCUT2D eigenvalue weighted by atomic mass is 9.63. The van der Waals surface area contributed by atoms with Crippen molar-refractivity contribution in [1.82, 2.24) is 9.62 Å². The van der Waals surface area contributed by atoms with E-state index in [2.05, 4.69) is 51.6 Å². The van der Waals surface area contributed by atoms with Crippen LogP contribution >= 0.6 is 11.6 Å². The Morgan fingerprint density at radius 1 is 1.08 bits per heavy atom. The van der Waals surface area contributed by atoms with Gasteiger partial charge in [0.1, 0.15) is 11.4 Å². The Bertz CT molecular complexity index is 1820. The molecule has 4 heterocycles. The van der Waals surface area contributed by atoms with E-state index in [1.165, 1.54) is 24.0 Å². The zero-order valence-electron chi connectivity index (χ0n) is 31.2. The normalized spacial score (nSPS) is 36.7. The average molecular weight is 750 g/mol. The molecule has 7 atom stereocenters. The molecule has 3 fully saturated rings.